The molecule has 1 rings (SSSR count). The SMILES string of the molecule is C[C@@H](O)[C@H](O)c1cccc(N)c1N. The Morgan fingerprint density at radius 3 is 2.38 bits per heavy atom. The highest BCUT2D eigenvalue weighted by molar-refractivity contribution is 5.67. The van der Waals surface area contributed by atoms with E-state index in [1.165, 1.54) is 6.92 Å². The smallest absolute Gasteiger partial charge is 0.107 e. The van der Waals surface area contributed by atoms with E-state index in [1.807, 2.05) is 0 Å². The lowest BCUT2D eigenvalue weighted by molar-refractivity contribution is 0.0310. The highest BCUT2D eigenvalue weighted by Crippen LogP contribution is 2.27. The fourth-order valence-corrected chi connectivity index (χ4v) is 1.12. The zero-order valence-corrected chi connectivity index (χ0v) is 7.44. The number of aliphatic hydroxyl groups excluding tert-OH is 2. The van der Waals surface area contributed by atoms with Crippen LogP contribution in [0.3, 0.4) is 0 Å². The highest BCUT2D eigenvalue weighted by atomic mass is 16.3. The van der Waals surface area contributed by atoms with Gasteiger partial charge in [-0.3, -0.25) is 0 Å². The summed E-state index contributed by atoms with van der Waals surface area (Å²) in [6, 6.07) is 4.98. The van der Waals surface area contributed by atoms with E-state index in [1.54, 1.807) is 18.2 Å². The van der Waals surface area contributed by atoms with E-state index in [0.717, 1.165) is 0 Å². The molecule has 2 atom stereocenters. The van der Waals surface area contributed by atoms with Gasteiger partial charge in [0.15, 0.2) is 0 Å². The fraction of sp³-hybridized carbons (Fsp3) is 0.333. The van der Waals surface area contributed by atoms with Crippen molar-refractivity contribution in [1.82, 2.24) is 0 Å². The molecule has 0 unspecified atom stereocenters. The summed E-state index contributed by atoms with van der Waals surface area (Å²) in [5.41, 5.74) is 12.4. The fourth-order valence-electron chi connectivity index (χ4n) is 1.12. The molecule has 0 aliphatic heterocycles. The first kappa shape index (κ1) is 9.83. The van der Waals surface area contributed by atoms with Crippen molar-refractivity contribution in [2.45, 2.75) is 19.1 Å². The number of rotatable bonds is 2. The lowest BCUT2D eigenvalue weighted by atomic mass is 10.0. The van der Waals surface area contributed by atoms with Gasteiger partial charge in [-0.2, -0.15) is 0 Å². The molecule has 72 valence electrons. The summed E-state index contributed by atoms with van der Waals surface area (Å²) in [5.74, 6) is 0. The average Bonchev–Trinajstić information content (AvgIpc) is 2.08. The minimum atomic E-state index is -0.983. The Labute approximate surface area is 76.8 Å². The molecular weight excluding hydrogens is 168 g/mol. The molecule has 4 nitrogen and oxygen atoms in total. The minimum absolute atomic E-state index is 0.330. The van der Waals surface area contributed by atoms with E-state index in [0.29, 0.717) is 16.9 Å². The van der Waals surface area contributed by atoms with Gasteiger partial charge in [-0.1, -0.05) is 12.1 Å². The van der Waals surface area contributed by atoms with Crippen LogP contribution in [0.25, 0.3) is 0 Å². The van der Waals surface area contributed by atoms with E-state index < -0.39 is 12.2 Å². The molecule has 0 spiro atoms. The first-order chi connectivity index (χ1) is 6.04. The molecule has 1 aromatic rings. The molecule has 0 fully saturated rings. The third-order valence-electron chi connectivity index (χ3n) is 1.95. The first-order valence-electron chi connectivity index (χ1n) is 4.04. The number of nitrogens with two attached hydrogens (primary N) is 2. The average molecular weight is 182 g/mol. The molecule has 0 amide bonds. The summed E-state index contributed by atoms with van der Waals surface area (Å²) >= 11 is 0. The van der Waals surface area contributed by atoms with Crippen LogP contribution in [0.4, 0.5) is 11.4 Å². The quantitative estimate of drug-likeness (QED) is 0.494. The zero-order valence-electron chi connectivity index (χ0n) is 7.44. The van der Waals surface area contributed by atoms with Crippen molar-refractivity contribution in [3.05, 3.63) is 23.8 Å². The van der Waals surface area contributed by atoms with E-state index in [-0.39, 0.29) is 0 Å². The largest absolute Gasteiger partial charge is 0.397 e. The Morgan fingerprint density at radius 2 is 1.85 bits per heavy atom. The van der Waals surface area contributed by atoms with E-state index in [4.69, 9.17) is 16.6 Å². The first-order valence-corrected chi connectivity index (χ1v) is 4.04. The van der Waals surface area contributed by atoms with E-state index in [2.05, 4.69) is 0 Å². The van der Waals surface area contributed by atoms with Gasteiger partial charge < -0.3 is 21.7 Å². The van der Waals surface area contributed by atoms with Gasteiger partial charge in [0.1, 0.15) is 6.10 Å². The molecule has 0 heterocycles. The molecule has 0 aliphatic carbocycles. The van der Waals surface area contributed by atoms with E-state index >= 15 is 0 Å². The van der Waals surface area contributed by atoms with Crippen molar-refractivity contribution in [3.8, 4) is 0 Å². The van der Waals surface area contributed by atoms with Crippen LogP contribution in [0, 0.1) is 0 Å². The van der Waals surface area contributed by atoms with Crippen LogP contribution in [-0.4, -0.2) is 16.3 Å². The van der Waals surface area contributed by atoms with Crippen LogP contribution in [0.15, 0.2) is 18.2 Å². The number of nitrogen functional groups attached to an aromatic ring is 2. The molecule has 0 aliphatic rings. The number of hydrogen-bond donors (Lipinski definition) is 4. The summed E-state index contributed by atoms with van der Waals surface area (Å²) in [4.78, 5) is 0. The molecule has 1 aromatic carbocycles. The molecule has 0 aromatic heterocycles. The maximum atomic E-state index is 9.52. The zero-order chi connectivity index (χ0) is 10.0. The predicted molar refractivity (Wildman–Crippen MR) is 51.9 cm³/mol. The Hall–Kier alpha value is -1.26. The Balaban J connectivity index is 3.07. The topological polar surface area (TPSA) is 92.5 Å². The van der Waals surface area contributed by atoms with Gasteiger partial charge in [0.25, 0.3) is 0 Å². The maximum absolute atomic E-state index is 9.52. The normalized spacial score (nSPS) is 15.3. The number of para-hydroxylation sites is 1. The third-order valence-corrected chi connectivity index (χ3v) is 1.95. The predicted octanol–water partition coefficient (Wildman–Crippen LogP) is 0.265. The van der Waals surface area contributed by atoms with Crippen molar-refractivity contribution in [3.63, 3.8) is 0 Å². The third kappa shape index (κ3) is 1.91. The number of hydrogen-bond acceptors (Lipinski definition) is 4. The maximum Gasteiger partial charge on any atom is 0.107 e. The van der Waals surface area contributed by atoms with Gasteiger partial charge >= 0.3 is 0 Å². The van der Waals surface area contributed by atoms with Gasteiger partial charge in [0.2, 0.25) is 0 Å². The molecular formula is C9H14N2O2. The lowest BCUT2D eigenvalue weighted by Crippen LogP contribution is -2.16. The summed E-state index contributed by atoms with van der Waals surface area (Å²) in [6.45, 7) is 1.49. The van der Waals surface area contributed by atoms with Gasteiger partial charge in [-0.05, 0) is 13.0 Å². The van der Waals surface area contributed by atoms with Crippen molar-refractivity contribution in [2.24, 2.45) is 0 Å². The van der Waals surface area contributed by atoms with Gasteiger partial charge in [-0.25, -0.2) is 0 Å². The Kier molecular flexibility index (Phi) is 2.75. The van der Waals surface area contributed by atoms with Crippen molar-refractivity contribution in [1.29, 1.82) is 0 Å². The standard InChI is InChI=1S/C9H14N2O2/c1-5(12)9(13)6-3-2-4-7(10)8(6)11/h2-5,9,12-13H,10-11H2,1H3/t5-,9+/m1/s1. The summed E-state index contributed by atoms with van der Waals surface area (Å²) in [7, 11) is 0. The Bertz CT molecular complexity index is 300. The highest BCUT2D eigenvalue weighted by Gasteiger charge is 2.16. The van der Waals surface area contributed by atoms with Crippen LogP contribution in [0.2, 0.25) is 0 Å². The number of benzene rings is 1. The lowest BCUT2D eigenvalue weighted by Gasteiger charge is -2.16. The van der Waals surface area contributed by atoms with Crippen molar-refractivity contribution < 1.29 is 10.2 Å². The van der Waals surface area contributed by atoms with E-state index in [9.17, 15) is 5.11 Å². The van der Waals surface area contributed by atoms with Gasteiger partial charge in [0, 0.05) is 5.56 Å². The molecule has 4 heteroatoms. The number of anilines is 2. The summed E-state index contributed by atoms with van der Waals surface area (Å²) < 4.78 is 0. The Morgan fingerprint density at radius 1 is 1.23 bits per heavy atom. The van der Waals surface area contributed by atoms with Crippen LogP contribution in [0.1, 0.15) is 18.6 Å². The van der Waals surface area contributed by atoms with Crippen LogP contribution in [0.5, 0.6) is 0 Å². The van der Waals surface area contributed by atoms with Crippen LogP contribution < -0.4 is 11.5 Å². The number of aliphatic hydroxyl groups is 2. The molecule has 6 N–H and O–H groups in total. The second-order valence-corrected chi connectivity index (χ2v) is 3.04. The monoisotopic (exact) mass is 182 g/mol. The van der Waals surface area contributed by atoms with Gasteiger partial charge in [-0.15, -0.1) is 0 Å². The minimum Gasteiger partial charge on any atom is -0.397 e. The molecule has 0 bridgehead atoms. The van der Waals surface area contributed by atoms with Gasteiger partial charge in [0.05, 0.1) is 17.5 Å². The molecule has 0 saturated heterocycles. The second kappa shape index (κ2) is 3.64. The second-order valence-electron chi connectivity index (χ2n) is 3.04. The molecule has 13 heavy (non-hydrogen) atoms. The van der Waals surface area contributed by atoms with Crippen LogP contribution >= 0.6 is 0 Å². The summed E-state index contributed by atoms with van der Waals surface area (Å²) in [5, 5.41) is 18.7. The summed E-state index contributed by atoms with van der Waals surface area (Å²) in [6.07, 6.45) is -1.84. The molecule has 0 radical (unpaired) electrons. The van der Waals surface area contributed by atoms with Crippen molar-refractivity contribution in [2.75, 3.05) is 11.5 Å². The molecule has 0 saturated carbocycles. The van der Waals surface area contributed by atoms with Crippen LogP contribution in [-0.2, 0) is 0 Å². The van der Waals surface area contributed by atoms with Crippen molar-refractivity contribution >= 4 is 11.4 Å².